The van der Waals surface area contributed by atoms with Crippen LogP contribution in [0.25, 0.3) is 0 Å². The lowest BCUT2D eigenvalue weighted by molar-refractivity contribution is -0.117. The van der Waals surface area contributed by atoms with Crippen LogP contribution in [0.1, 0.15) is 55.3 Å². The number of ether oxygens (including phenoxy) is 2. The lowest BCUT2D eigenvalue weighted by atomic mass is 9.95. The average Bonchev–Trinajstić information content (AvgIpc) is 3.83. The summed E-state index contributed by atoms with van der Waals surface area (Å²) < 4.78 is 14.4. The molecule has 2 aliphatic heterocycles. The predicted octanol–water partition coefficient (Wildman–Crippen LogP) is 5.95. The highest BCUT2D eigenvalue weighted by atomic mass is 28.3. The SMILES string of the molecule is COc1ccc([Si](C)(C)[C@@H]2[C@@H](C)[C@@H](CCc3ccc(N4CCCC4=O)cc3)O[C@H]2CCn2cc(C(CO)c3ccccc3)nn2)cc1. The Bertz CT molecular complexity index is 1610. The van der Waals surface area contributed by atoms with E-state index in [-0.39, 0.29) is 30.6 Å². The molecule has 1 aromatic heterocycles. The van der Waals surface area contributed by atoms with Gasteiger partial charge in [0.05, 0.1) is 45.6 Å². The molecule has 0 spiro atoms. The minimum atomic E-state index is -1.98. The van der Waals surface area contributed by atoms with E-state index in [1.807, 2.05) is 46.1 Å². The number of anilines is 1. The van der Waals surface area contributed by atoms with Gasteiger partial charge in [0.25, 0.3) is 0 Å². The van der Waals surface area contributed by atoms with Crippen molar-refractivity contribution in [2.24, 2.45) is 5.92 Å². The van der Waals surface area contributed by atoms with Crippen LogP contribution in [0.15, 0.2) is 85.1 Å². The summed E-state index contributed by atoms with van der Waals surface area (Å²) in [7, 11) is -0.274. The Morgan fingerprint density at radius 2 is 1.74 bits per heavy atom. The first-order valence-corrected chi connectivity index (χ1v) is 20.1. The Hall–Kier alpha value is -3.79. The molecule has 5 atom stereocenters. The van der Waals surface area contributed by atoms with E-state index in [1.54, 1.807) is 7.11 Å². The summed E-state index contributed by atoms with van der Waals surface area (Å²) in [4.78, 5) is 14.1. The van der Waals surface area contributed by atoms with E-state index >= 15 is 0 Å². The minimum absolute atomic E-state index is 0.0174. The second-order valence-corrected chi connectivity index (χ2v) is 18.4. The standard InChI is InChI=1S/C38H48N4O4Si/c1-27-35(21-14-28-12-15-30(16-13-28)42-23-8-11-37(42)44)46-36(38(27)47(3,4)32-19-17-31(45-2)18-20-32)22-24-41-25-34(39-40-41)33(26-43)29-9-6-5-7-10-29/h5-7,9-10,12-13,15-20,25,27,33,35-36,38,43H,8,11,14,21-24,26H2,1-4H3/t27-,33?,35+,36-,38+/m0/s1. The molecule has 1 N–H and O–H groups in total. The fourth-order valence-electron chi connectivity index (χ4n) is 7.89. The highest BCUT2D eigenvalue weighted by Crippen LogP contribution is 2.46. The topological polar surface area (TPSA) is 89.7 Å². The zero-order valence-electron chi connectivity index (χ0n) is 28.1. The zero-order valence-corrected chi connectivity index (χ0v) is 29.1. The van der Waals surface area contributed by atoms with Gasteiger partial charge in [-0.25, -0.2) is 0 Å². The number of hydrogen-bond acceptors (Lipinski definition) is 6. The van der Waals surface area contributed by atoms with Crippen molar-refractivity contribution in [3.8, 4) is 5.75 Å². The molecule has 0 aliphatic carbocycles. The van der Waals surface area contributed by atoms with Gasteiger partial charge in [0.1, 0.15) is 5.75 Å². The van der Waals surface area contributed by atoms with Crippen LogP contribution < -0.4 is 14.8 Å². The number of aliphatic hydroxyl groups excluding tert-OH is 1. The number of carbonyl (C=O) groups excluding carboxylic acids is 1. The smallest absolute Gasteiger partial charge is 0.227 e. The molecule has 248 valence electrons. The summed E-state index contributed by atoms with van der Waals surface area (Å²) in [5, 5.41) is 20.5. The Morgan fingerprint density at radius 3 is 2.40 bits per heavy atom. The first kappa shape index (κ1) is 33.1. The Labute approximate surface area is 279 Å². The van der Waals surface area contributed by atoms with Crippen LogP contribution in [-0.2, 0) is 22.5 Å². The number of rotatable bonds is 13. The molecule has 4 aromatic rings. The van der Waals surface area contributed by atoms with E-state index in [9.17, 15) is 9.90 Å². The van der Waals surface area contributed by atoms with Crippen LogP contribution in [0, 0.1) is 5.92 Å². The van der Waals surface area contributed by atoms with Gasteiger partial charge < -0.3 is 19.5 Å². The Balaban J connectivity index is 1.17. The number of carbonyl (C=O) groups is 1. The molecule has 0 saturated carbocycles. The molecule has 3 aromatic carbocycles. The quantitative estimate of drug-likeness (QED) is 0.180. The van der Waals surface area contributed by atoms with Crippen LogP contribution >= 0.6 is 0 Å². The van der Waals surface area contributed by atoms with Crippen molar-refractivity contribution in [1.82, 2.24) is 15.0 Å². The molecular formula is C38H48N4O4Si. The fourth-order valence-corrected chi connectivity index (χ4v) is 12.0. The normalized spacial score (nSPS) is 22.1. The molecule has 0 bridgehead atoms. The number of aryl methyl sites for hydroxylation is 2. The van der Waals surface area contributed by atoms with Crippen molar-refractivity contribution in [2.75, 3.05) is 25.2 Å². The maximum Gasteiger partial charge on any atom is 0.227 e. The first-order chi connectivity index (χ1) is 22.8. The molecule has 0 radical (unpaired) electrons. The Morgan fingerprint density at radius 1 is 1.00 bits per heavy atom. The molecular weight excluding hydrogens is 605 g/mol. The fraction of sp³-hybridized carbons (Fsp3) is 0.447. The highest BCUT2D eigenvalue weighted by Gasteiger charge is 2.50. The number of amides is 1. The van der Waals surface area contributed by atoms with Crippen molar-refractivity contribution in [3.05, 3.63) is 102 Å². The Kier molecular flexibility index (Phi) is 10.2. The van der Waals surface area contributed by atoms with Crippen molar-refractivity contribution < 1.29 is 19.4 Å². The predicted molar refractivity (Wildman–Crippen MR) is 188 cm³/mol. The van der Waals surface area contributed by atoms with Gasteiger partial charge in [0, 0.05) is 31.4 Å². The van der Waals surface area contributed by atoms with E-state index in [1.165, 1.54) is 10.8 Å². The lowest BCUT2D eigenvalue weighted by Crippen LogP contribution is -2.50. The molecule has 1 unspecified atom stereocenters. The third-order valence-electron chi connectivity index (χ3n) is 10.5. The van der Waals surface area contributed by atoms with Crippen LogP contribution in [0.3, 0.4) is 0 Å². The molecule has 2 aliphatic rings. The van der Waals surface area contributed by atoms with Gasteiger partial charge in [-0.3, -0.25) is 9.48 Å². The van der Waals surface area contributed by atoms with Gasteiger partial charge in [-0.15, -0.1) is 5.10 Å². The van der Waals surface area contributed by atoms with Crippen LogP contribution in [-0.4, -0.2) is 66.6 Å². The van der Waals surface area contributed by atoms with Crippen LogP contribution in [0.2, 0.25) is 18.6 Å². The van der Waals surface area contributed by atoms with Gasteiger partial charge in [-0.1, -0.05) is 85.0 Å². The number of nitrogens with zero attached hydrogens (tertiary/aromatic N) is 4. The van der Waals surface area contributed by atoms with E-state index in [0.29, 0.717) is 24.4 Å². The summed E-state index contributed by atoms with van der Waals surface area (Å²) in [6, 6.07) is 27.2. The van der Waals surface area contributed by atoms with Crippen molar-refractivity contribution in [3.63, 3.8) is 0 Å². The van der Waals surface area contributed by atoms with E-state index in [4.69, 9.17) is 9.47 Å². The summed E-state index contributed by atoms with van der Waals surface area (Å²) >= 11 is 0. The third kappa shape index (κ3) is 7.22. The van der Waals surface area contributed by atoms with Crippen molar-refractivity contribution >= 4 is 24.9 Å². The van der Waals surface area contributed by atoms with Crippen molar-refractivity contribution in [1.29, 1.82) is 0 Å². The number of aliphatic hydroxyl groups is 1. The lowest BCUT2D eigenvalue weighted by Gasteiger charge is -2.36. The molecule has 6 rings (SSSR count). The maximum atomic E-state index is 12.2. The van der Waals surface area contributed by atoms with E-state index in [0.717, 1.165) is 54.9 Å². The number of hydrogen-bond donors (Lipinski definition) is 1. The maximum absolute atomic E-state index is 12.2. The number of aromatic nitrogens is 3. The molecule has 9 heteroatoms. The number of methoxy groups -OCH3 is 1. The third-order valence-corrected chi connectivity index (χ3v) is 14.9. The van der Waals surface area contributed by atoms with Gasteiger partial charge in [-0.2, -0.15) is 0 Å². The first-order valence-electron chi connectivity index (χ1n) is 17.0. The second kappa shape index (κ2) is 14.5. The van der Waals surface area contributed by atoms with Crippen molar-refractivity contribution in [2.45, 2.75) is 82.3 Å². The van der Waals surface area contributed by atoms with Gasteiger partial charge in [0.2, 0.25) is 5.91 Å². The van der Waals surface area contributed by atoms with Gasteiger partial charge >= 0.3 is 0 Å². The van der Waals surface area contributed by atoms with E-state index in [2.05, 4.69) is 78.9 Å². The molecule has 47 heavy (non-hydrogen) atoms. The van der Waals surface area contributed by atoms with Gasteiger partial charge in [0.15, 0.2) is 0 Å². The minimum Gasteiger partial charge on any atom is -0.497 e. The molecule has 2 saturated heterocycles. The van der Waals surface area contributed by atoms with Gasteiger partial charge in [-0.05, 0) is 72.5 Å². The summed E-state index contributed by atoms with van der Waals surface area (Å²) in [6.45, 7) is 8.84. The summed E-state index contributed by atoms with van der Waals surface area (Å²) in [5.41, 5.74) is 4.50. The molecule has 8 nitrogen and oxygen atoms in total. The summed E-state index contributed by atoms with van der Waals surface area (Å²) in [6.07, 6.45) is 6.53. The number of benzene rings is 3. The molecule has 1 amide bonds. The van der Waals surface area contributed by atoms with Crippen LogP contribution in [0.5, 0.6) is 5.75 Å². The van der Waals surface area contributed by atoms with E-state index < -0.39 is 8.07 Å². The second-order valence-electron chi connectivity index (χ2n) is 13.7. The monoisotopic (exact) mass is 652 g/mol. The highest BCUT2D eigenvalue weighted by molar-refractivity contribution is 6.91. The van der Waals surface area contributed by atoms with Crippen LogP contribution in [0.4, 0.5) is 5.69 Å². The average molecular weight is 653 g/mol. The zero-order chi connectivity index (χ0) is 33.0. The molecule has 2 fully saturated rings. The molecule has 3 heterocycles. The summed E-state index contributed by atoms with van der Waals surface area (Å²) in [5.74, 6) is 1.30. The largest absolute Gasteiger partial charge is 0.497 e.